The van der Waals surface area contributed by atoms with Crippen LogP contribution in [0.2, 0.25) is 0 Å². The fourth-order valence-corrected chi connectivity index (χ4v) is 4.03. The maximum absolute atomic E-state index is 12.5. The fraction of sp³-hybridized carbons (Fsp3) is 0.375. The van der Waals surface area contributed by atoms with Gasteiger partial charge in [0, 0.05) is 44.7 Å². The van der Waals surface area contributed by atoms with Crippen LogP contribution >= 0.6 is 0 Å². The first kappa shape index (κ1) is 15.4. The third-order valence-corrected chi connectivity index (χ3v) is 5.49. The quantitative estimate of drug-likeness (QED) is 0.864. The predicted octanol–water partition coefficient (Wildman–Crippen LogP) is 1.02. The molecule has 2 aromatic carbocycles. The molecule has 1 saturated heterocycles. The highest BCUT2D eigenvalue weighted by Gasteiger charge is 2.17. The Bertz CT molecular complexity index is 735. The zero-order chi connectivity index (χ0) is 15.4. The molecule has 5 nitrogen and oxygen atoms in total. The van der Waals surface area contributed by atoms with Gasteiger partial charge in [0.25, 0.3) is 0 Å². The molecule has 0 aliphatic carbocycles. The number of nitrogens with one attached hydrogen (secondary N) is 2. The van der Waals surface area contributed by atoms with Crippen LogP contribution in [-0.4, -0.2) is 52.6 Å². The molecule has 2 N–H and O–H groups in total. The van der Waals surface area contributed by atoms with Crippen LogP contribution < -0.4 is 10.0 Å². The average Bonchev–Trinajstić information content (AvgIpc) is 2.55. The number of benzene rings is 2. The first-order valence-electron chi connectivity index (χ1n) is 7.57. The molecule has 0 bridgehead atoms. The molecule has 1 aliphatic rings. The van der Waals surface area contributed by atoms with Crippen LogP contribution in [0.25, 0.3) is 10.8 Å². The minimum atomic E-state index is -3.48. The van der Waals surface area contributed by atoms with Crippen molar-refractivity contribution in [3.05, 3.63) is 42.5 Å². The second kappa shape index (κ2) is 6.75. The van der Waals surface area contributed by atoms with Gasteiger partial charge >= 0.3 is 0 Å². The number of hydrogen-bond acceptors (Lipinski definition) is 4. The van der Waals surface area contributed by atoms with Crippen molar-refractivity contribution in [1.82, 2.24) is 14.9 Å². The second-order valence-electron chi connectivity index (χ2n) is 5.47. The lowest BCUT2D eigenvalue weighted by Gasteiger charge is -2.27. The normalized spacial score (nSPS) is 16.9. The smallest absolute Gasteiger partial charge is 0.241 e. The van der Waals surface area contributed by atoms with Crippen molar-refractivity contribution >= 4 is 20.8 Å². The number of nitrogens with zero attached hydrogens (tertiary/aromatic N) is 1. The molecule has 22 heavy (non-hydrogen) atoms. The zero-order valence-electron chi connectivity index (χ0n) is 12.5. The van der Waals surface area contributed by atoms with Crippen LogP contribution in [0, 0.1) is 0 Å². The maximum Gasteiger partial charge on any atom is 0.241 e. The fourth-order valence-electron chi connectivity index (χ4n) is 2.78. The van der Waals surface area contributed by atoms with Gasteiger partial charge in [-0.25, -0.2) is 13.1 Å². The Morgan fingerprint density at radius 1 is 1.05 bits per heavy atom. The van der Waals surface area contributed by atoms with Gasteiger partial charge in [-0.1, -0.05) is 36.4 Å². The number of fused-ring (bicyclic) bond motifs is 1. The standard InChI is InChI=1S/C16H21N3O2S/c20-22(21,18-10-13-19-11-8-17-9-12-19)16-7-3-5-14-4-1-2-6-15(14)16/h1-7,17-18H,8-13H2. The van der Waals surface area contributed by atoms with Gasteiger partial charge in [-0.3, -0.25) is 4.90 Å². The molecule has 0 amide bonds. The summed E-state index contributed by atoms with van der Waals surface area (Å²) in [6.07, 6.45) is 0. The first-order valence-corrected chi connectivity index (χ1v) is 9.06. The summed E-state index contributed by atoms with van der Waals surface area (Å²) < 4.78 is 27.8. The highest BCUT2D eigenvalue weighted by Crippen LogP contribution is 2.22. The molecular formula is C16H21N3O2S. The summed E-state index contributed by atoms with van der Waals surface area (Å²) in [7, 11) is -3.48. The third kappa shape index (κ3) is 3.47. The van der Waals surface area contributed by atoms with Crippen LogP contribution in [-0.2, 0) is 10.0 Å². The minimum absolute atomic E-state index is 0.353. The Kier molecular flexibility index (Phi) is 4.73. The highest BCUT2D eigenvalue weighted by molar-refractivity contribution is 7.89. The lowest BCUT2D eigenvalue weighted by molar-refractivity contribution is 0.245. The molecule has 0 unspecified atom stereocenters. The van der Waals surface area contributed by atoms with E-state index in [1.165, 1.54) is 0 Å². The summed E-state index contributed by atoms with van der Waals surface area (Å²) in [6, 6.07) is 12.9. The average molecular weight is 319 g/mol. The van der Waals surface area contributed by atoms with Gasteiger partial charge in [0.2, 0.25) is 10.0 Å². The topological polar surface area (TPSA) is 61.4 Å². The molecule has 0 spiro atoms. The summed E-state index contributed by atoms with van der Waals surface area (Å²) in [5, 5.41) is 4.99. The molecule has 6 heteroatoms. The van der Waals surface area contributed by atoms with Crippen LogP contribution in [0.1, 0.15) is 0 Å². The lowest BCUT2D eigenvalue weighted by atomic mass is 10.1. The molecule has 0 saturated carbocycles. The highest BCUT2D eigenvalue weighted by atomic mass is 32.2. The monoisotopic (exact) mass is 319 g/mol. The molecule has 0 radical (unpaired) electrons. The van der Waals surface area contributed by atoms with Crippen molar-refractivity contribution in [2.45, 2.75) is 4.90 Å². The Labute approximate surface area is 131 Å². The van der Waals surface area contributed by atoms with E-state index in [0.717, 1.165) is 43.5 Å². The molecule has 1 aliphatic heterocycles. The van der Waals surface area contributed by atoms with E-state index in [4.69, 9.17) is 0 Å². The number of rotatable bonds is 5. The van der Waals surface area contributed by atoms with E-state index < -0.39 is 10.0 Å². The van der Waals surface area contributed by atoms with E-state index in [1.54, 1.807) is 12.1 Å². The SMILES string of the molecule is O=S(=O)(NCCN1CCNCC1)c1cccc2ccccc12. The predicted molar refractivity (Wildman–Crippen MR) is 88.4 cm³/mol. The Morgan fingerprint density at radius 2 is 1.77 bits per heavy atom. The van der Waals surface area contributed by atoms with E-state index in [-0.39, 0.29) is 0 Å². The van der Waals surface area contributed by atoms with Crippen LogP contribution in [0.5, 0.6) is 0 Å². The molecule has 3 rings (SSSR count). The van der Waals surface area contributed by atoms with Gasteiger partial charge in [0.05, 0.1) is 4.90 Å². The van der Waals surface area contributed by atoms with Crippen molar-refractivity contribution in [1.29, 1.82) is 0 Å². The summed E-state index contributed by atoms with van der Waals surface area (Å²) in [5.74, 6) is 0. The summed E-state index contributed by atoms with van der Waals surface area (Å²) in [4.78, 5) is 2.62. The largest absolute Gasteiger partial charge is 0.314 e. The Morgan fingerprint density at radius 3 is 2.59 bits per heavy atom. The van der Waals surface area contributed by atoms with Gasteiger partial charge in [-0.2, -0.15) is 0 Å². The van der Waals surface area contributed by atoms with Gasteiger partial charge in [0.1, 0.15) is 0 Å². The maximum atomic E-state index is 12.5. The van der Waals surface area contributed by atoms with Crippen molar-refractivity contribution in [3.8, 4) is 0 Å². The van der Waals surface area contributed by atoms with Gasteiger partial charge in [-0.15, -0.1) is 0 Å². The van der Waals surface area contributed by atoms with E-state index >= 15 is 0 Å². The summed E-state index contributed by atoms with van der Waals surface area (Å²) in [5.41, 5.74) is 0. The first-order chi connectivity index (χ1) is 10.7. The lowest BCUT2D eigenvalue weighted by Crippen LogP contribution is -2.46. The van der Waals surface area contributed by atoms with Crippen molar-refractivity contribution < 1.29 is 8.42 Å². The third-order valence-electron chi connectivity index (χ3n) is 3.97. The summed E-state index contributed by atoms with van der Waals surface area (Å²) in [6.45, 7) is 5.05. The van der Waals surface area contributed by atoms with Crippen molar-refractivity contribution in [2.24, 2.45) is 0 Å². The summed E-state index contributed by atoms with van der Waals surface area (Å²) >= 11 is 0. The Hall–Kier alpha value is -1.47. The zero-order valence-corrected chi connectivity index (χ0v) is 13.3. The van der Waals surface area contributed by atoms with E-state index in [9.17, 15) is 8.42 Å². The molecule has 0 atom stereocenters. The van der Waals surface area contributed by atoms with Crippen LogP contribution in [0.4, 0.5) is 0 Å². The molecule has 1 fully saturated rings. The van der Waals surface area contributed by atoms with Gasteiger partial charge in [-0.05, 0) is 11.5 Å². The van der Waals surface area contributed by atoms with Crippen molar-refractivity contribution in [3.63, 3.8) is 0 Å². The molecular weight excluding hydrogens is 298 g/mol. The second-order valence-corrected chi connectivity index (χ2v) is 7.20. The molecule has 2 aromatic rings. The van der Waals surface area contributed by atoms with E-state index in [2.05, 4.69) is 14.9 Å². The van der Waals surface area contributed by atoms with Crippen LogP contribution in [0.15, 0.2) is 47.4 Å². The van der Waals surface area contributed by atoms with Gasteiger partial charge in [0.15, 0.2) is 0 Å². The molecule has 0 aromatic heterocycles. The van der Waals surface area contributed by atoms with Gasteiger partial charge < -0.3 is 5.32 Å². The van der Waals surface area contributed by atoms with E-state index in [1.807, 2.05) is 30.3 Å². The van der Waals surface area contributed by atoms with Crippen LogP contribution in [0.3, 0.4) is 0 Å². The number of piperazine rings is 1. The number of sulfonamides is 1. The Balaban J connectivity index is 1.71. The number of hydrogen-bond donors (Lipinski definition) is 2. The van der Waals surface area contributed by atoms with Crippen molar-refractivity contribution in [2.75, 3.05) is 39.3 Å². The molecule has 118 valence electrons. The molecule has 1 heterocycles. The van der Waals surface area contributed by atoms with E-state index in [0.29, 0.717) is 11.4 Å². The minimum Gasteiger partial charge on any atom is -0.314 e.